The van der Waals surface area contributed by atoms with Crippen LogP contribution in [0.25, 0.3) is 38.4 Å². The standard InChI is InChI=1S/C28H17Br2F6N.C2H2/c1-3-4-7-14(2)15-10-16-17-11-20(23-8-5-6-9-37-23)22(30)13-19(17)25-24(18(16)12-21(15)29)26(31,32)28(35,36)27(25,33)34;1-2/h3-13H,1-2H3;1-2H/b4-3-,14-7+;. The summed E-state index contributed by atoms with van der Waals surface area (Å²) in [6.07, 6.45) is 14.9. The molecule has 0 atom stereocenters. The van der Waals surface area contributed by atoms with Gasteiger partial charge in [-0.25, -0.2) is 0 Å². The number of nitrogens with zero attached hydrogens (tertiary/aromatic N) is 1. The second kappa shape index (κ2) is 10.1. The molecule has 1 aliphatic carbocycles. The SMILES string of the molecule is C#C.C/C=C\C=C(/C)c1cc2c(cc1Br)c1c(c3cc(Br)c(-c4ccccn4)cc32)C(F)(F)C(F)(F)C1(F)F. The fraction of sp³-hybridized carbons (Fsp3) is 0.167. The van der Waals surface area contributed by atoms with Gasteiger partial charge in [0.1, 0.15) is 0 Å². The van der Waals surface area contributed by atoms with Crippen LogP contribution in [0.3, 0.4) is 0 Å². The number of terminal acetylenes is 1. The minimum absolute atomic E-state index is 0.137. The van der Waals surface area contributed by atoms with Gasteiger partial charge in [0, 0.05) is 31.8 Å². The number of hydrogen-bond donors (Lipinski definition) is 0. The normalized spacial score (nSPS) is 17.3. The lowest BCUT2D eigenvalue weighted by molar-refractivity contribution is -0.301. The number of fused-ring (bicyclic) bond motifs is 6. The molecule has 0 radical (unpaired) electrons. The Kier molecular flexibility index (Phi) is 7.52. The molecule has 0 spiro atoms. The molecule has 0 aliphatic heterocycles. The number of hydrogen-bond acceptors (Lipinski definition) is 1. The van der Waals surface area contributed by atoms with E-state index < -0.39 is 28.9 Å². The summed E-state index contributed by atoms with van der Waals surface area (Å²) in [6, 6.07) is 10.7. The quantitative estimate of drug-likeness (QED) is 0.0918. The van der Waals surface area contributed by atoms with Crippen LogP contribution in [0.15, 0.2) is 75.8 Å². The summed E-state index contributed by atoms with van der Waals surface area (Å²) in [5.41, 5.74) is -0.364. The molecule has 1 aromatic heterocycles. The highest BCUT2D eigenvalue weighted by Crippen LogP contribution is 2.66. The minimum Gasteiger partial charge on any atom is -0.256 e. The van der Waals surface area contributed by atoms with Crippen molar-refractivity contribution in [2.45, 2.75) is 31.6 Å². The molecule has 0 N–H and O–H groups in total. The first-order valence-corrected chi connectivity index (χ1v) is 13.0. The van der Waals surface area contributed by atoms with Crippen molar-refractivity contribution in [3.8, 4) is 24.1 Å². The van der Waals surface area contributed by atoms with Crippen molar-refractivity contribution in [2.75, 3.05) is 0 Å². The molecule has 1 aliphatic rings. The number of aromatic nitrogens is 1. The molecular weight excluding hydrogens is 648 g/mol. The summed E-state index contributed by atoms with van der Waals surface area (Å²) in [6.45, 7) is 3.63. The van der Waals surface area contributed by atoms with E-state index in [1.165, 1.54) is 18.2 Å². The number of pyridine rings is 1. The van der Waals surface area contributed by atoms with Crippen LogP contribution in [0.1, 0.15) is 30.5 Å². The first kappa shape index (κ1) is 28.9. The highest BCUT2D eigenvalue weighted by molar-refractivity contribution is 9.10. The zero-order valence-corrected chi connectivity index (χ0v) is 23.6. The number of halogens is 8. The Morgan fingerprint density at radius 2 is 1.38 bits per heavy atom. The number of rotatable bonds is 3. The predicted molar refractivity (Wildman–Crippen MR) is 151 cm³/mol. The first-order chi connectivity index (χ1) is 18.3. The van der Waals surface area contributed by atoms with Gasteiger partial charge in [0.25, 0.3) is 0 Å². The number of benzene rings is 3. The van der Waals surface area contributed by atoms with Crippen LogP contribution in [0, 0.1) is 12.8 Å². The Labute approximate surface area is 237 Å². The number of alkyl halides is 6. The van der Waals surface area contributed by atoms with Gasteiger partial charge in [-0.15, -0.1) is 12.8 Å². The van der Waals surface area contributed by atoms with Crippen LogP contribution in [-0.4, -0.2) is 10.9 Å². The van der Waals surface area contributed by atoms with E-state index in [0.717, 1.165) is 5.57 Å². The molecule has 0 fully saturated rings. The maximum atomic E-state index is 15.2. The first-order valence-electron chi connectivity index (χ1n) is 11.5. The summed E-state index contributed by atoms with van der Waals surface area (Å²) in [5.74, 6) is -15.8. The lowest BCUT2D eigenvalue weighted by atomic mass is 9.88. The minimum atomic E-state index is -5.61. The molecule has 1 heterocycles. The zero-order chi connectivity index (χ0) is 28.9. The Morgan fingerprint density at radius 3 is 1.92 bits per heavy atom. The highest BCUT2D eigenvalue weighted by Gasteiger charge is 2.80. The third kappa shape index (κ3) is 4.20. The monoisotopic (exact) mass is 665 g/mol. The average Bonchev–Trinajstić information content (AvgIpc) is 3.02. The fourth-order valence-corrected chi connectivity index (χ4v) is 5.99. The van der Waals surface area contributed by atoms with Gasteiger partial charge < -0.3 is 0 Å². The van der Waals surface area contributed by atoms with Crippen molar-refractivity contribution in [1.29, 1.82) is 0 Å². The van der Waals surface area contributed by atoms with Crippen LogP contribution in [0.4, 0.5) is 26.3 Å². The third-order valence-corrected chi connectivity index (χ3v) is 7.93. The van der Waals surface area contributed by atoms with Gasteiger partial charge in [0.05, 0.1) is 5.69 Å². The molecule has 9 heteroatoms. The summed E-state index contributed by atoms with van der Waals surface area (Å²) >= 11 is 6.65. The van der Waals surface area contributed by atoms with Crippen molar-refractivity contribution in [1.82, 2.24) is 4.98 Å². The molecule has 200 valence electrons. The molecular formula is C30H19Br2F6N. The maximum absolute atomic E-state index is 15.2. The van der Waals surface area contributed by atoms with Crippen LogP contribution in [0.5, 0.6) is 0 Å². The van der Waals surface area contributed by atoms with E-state index in [0.29, 0.717) is 21.3 Å². The highest BCUT2D eigenvalue weighted by atomic mass is 79.9. The van der Waals surface area contributed by atoms with Gasteiger partial charge in [0.15, 0.2) is 0 Å². The van der Waals surface area contributed by atoms with E-state index in [4.69, 9.17) is 0 Å². The van der Waals surface area contributed by atoms with Crippen molar-refractivity contribution in [3.05, 3.63) is 92.5 Å². The van der Waals surface area contributed by atoms with Gasteiger partial charge in [-0.3, -0.25) is 4.98 Å². The third-order valence-electron chi connectivity index (χ3n) is 6.61. The van der Waals surface area contributed by atoms with Gasteiger partial charge in [-0.1, -0.05) is 56.2 Å². The van der Waals surface area contributed by atoms with E-state index in [2.05, 4.69) is 49.7 Å². The second-order valence-corrected chi connectivity index (χ2v) is 10.5. The van der Waals surface area contributed by atoms with Crippen LogP contribution >= 0.6 is 31.9 Å². The van der Waals surface area contributed by atoms with Crippen molar-refractivity contribution >= 4 is 59.0 Å². The molecule has 3 aromatic carbocycles. The molecule has 4 aromatic rings. The summed E-state index contributed by atoms with van der Waals surface area (Å²) in [4.78, 5) is 4.30. The lowest BCUT2D eigenvalue weighted by Gasteiger charge is -2.23. The van der Waals surface area contributed by atoms with Gasteiger partial charge in [0.2, 0.25) is 0 Å². The fourth-order valence-electron chi connectivity index (χ4n) is 4.79. The van der Waals surface area contributed by atoms with E-state index >= 15 is 17.6 Å². The van der Waals surface area contributed by atoms with Crippen LogP contribution < -0.4 is 0 Å². The summed E-state index contributed by atoms with van der Waals surface area (Å²) < 4.78 is 90.7. The molecule has 0 unspecified atom stereocenters. The predicted octanol–water partition coefficient (Wildman–Crippen LogP) is 10.6. The molecule has 39 heavy (non-hydrogen) atoms. The average molecular weight is 667 g/mol. The Balaban J connectivity index is 0.00000172. The van der Waals surface area contributed by atoms with Crippen molar-refractivity contribution in [3.63, 3.8) is 0 Å². The number of allylic oxidation sites excluding steroid dienone is 4. The van der Waals surface area contributed by atoms with Gasteiger partial charge in [-0.05, 0) is 82.9 Å². The van der Waals surface area contributed by atoms with Crippen molar-refractivity contribution in [2.24, 2.45) is 0 Å². The topological polar surface area (TPSA) is 12.9 Å². The zero-order valence-electron chi connectivity index (χ0n) is 20.5. The van der Waals surface area contributed by atoms with Crippen molar-refractivity contribution < 1.29 is 26.3 Å². The van der Waals surface area contributed by atoms with E-state index in [-0.39, 0.29) is 26.0 Å². The van der Waals surface area contributed by atoms with Crippen LogP contribution in [0.2, 0.25) is 0 Å². The molecule has 0 saturated carbocycles. The van der Waals surface area contributed by atoms with E-state index in [1.807, 2.05) is 13.0 Å². The Bertz CT molecular complexity index is 1690. The van der Waals surface area contributed by atoms with E-state index in [9.17, 15) is 8.78 Å². The van der Waals surface area contributed by atoms with E-state index in [1.54, 1.807) is 49.5 Å². The summed E-state index contributed by atoms with van der Waals surface area (Å²) in [5, 5.41) is -0.455. The molecule has 5 rings (SSSR count). The molecule has 0 amide bonds. The molecule has 0 bridgehead atoms. The molecule has 0 saturated heterocycles. The Morgan fingerprint density at radius 1 is 0.821 bits per heavy atom. The van der Waals surface area contributed by atoms with Gasteiger partial charge in [-0.2, -0.15) is 26.3 Å². The molecule has 1 nitrogen and oxygen atoms in total. The summed E-state index contributed by atoms with van der Waals surface area (Å²) in [7, 11) is 0. The second-order valence-electron chi connectivity index (χ2n) is 8.82. The van der Waals surface area contributed by atoms with Crippen LogP contribution in [-0.2, 0) is 11.8 Å². The van der Waals surface area contributed by atoms with Gasteiger partial charge >= 0.3 is 17.8 Å². The Hall–Kier alpha value is -3.09. The smallest absolute Gasteiger partial charge is 0.256 e. The largest absolute Gasteiger partial charge is 0.380 e. The maximum Gasteiger partial charge on any atom is 0.380 e. The lowest BCUT2D eigenvalue weighted by Crippen LogP contribution is -2.43.